The van der Waals surface area contributed by atoms with Crippen molar-refractivity contribution in [1.29, 1.82) is 0 Å². The average Bonchev–Trinajstić information content (AvgIpc) is 2.76. The highest BCUT2D eigenvalue weighted by molar-refractivity contribution is 6.04. The highest BCUT2D eigenvalue weighted by Crippen LogP contribution is 2.46. The van der Waals surface area contributed by atoms with Gasteiger partial charge in [-0.2, -0.15) is 0 Å². The second-order valence-corrected chi connectivity index (χ2v) is 7.57. The van der Waals surface area contributed by atoms with Crippen LogP contribution in [0.1, 0.15) is 39.0 Å². The van der Waals surface area contributed by atoms with E-state index in [2.05, 4.69) is 5.32 Å². The van der Waals surface area contributed by atoms with Crippen molar-refractivity contribution in [2.24, 2.45) is 0 Å². The first-order valence-corrected chi connectivity index (χ1v) is 9.78. The zero-order valence-corrected chi connectivity index (χ0v) is 15.9. The molecule has 2 heterocycles. The van der Waals surface area contributed by atoms with Crippen molar-refractivity contribution in [2.75, 3.05) is 11.9 Å². The van der Waals surface area contributed by atoms with Crippen molar-refractivity contribution >= 4 is 17.5 Å². The second-order valence-electron chi connectivity index (χ2n) is 7.57. The van der Waals surface area contributed by atoms with Crippen LogP contribution in [0.25, 0.3) is 0 Å². The summed E-state index contributed by atoms with van der Waals surface area (Å²) in [6, 6.07) is 17.4. The summed E-state index contributed by atoms with van der Waals surface area (Å²) < 4.78 is 27.5. The van der Waals surface area contributed by atoms with Crippen molar-refractivity contribution in [3.8, 4) is 0 Å². The molecule has 5 rings (SSSR count). The van der Waals surface area contributed by atoms with Crippen LogP contribution in [0.4, 0.5) is 14.5 Å². The van der Waals surface area contributed by atoms with Crippen molar-refractivity contribution in [3.05, 3.63) is 101 Å². The monoisotopic (exact) mass is 404 g/mol. The normalized spacial score (nSPS) is 19.5. The lowest BCUT2D eigenvalue weighted by atomic mass is 9.76. The molecular weight excluding hydrogens is 386 g/mol. The van der Waals surface area contributed by atoms with Crippen LogP contribution in [0.5, 0.6) is 0 Å². The smallest absolute Gasteiger partial charge is 0.254 e. The predicted octanol–water partition coefficient (Wildman–Crippen LogP) is 4.44. The fraction of sp³-hybridized carbons (Fsp3) is 0.167. The summed E-state index contributed by atoms with van der Waals surface area (Å²) in [4.78, 5) is 28.3. The van der Waals surface area contributed by atoms with E-state index in [-0.39, 0.29) is 11.6 Å². The molecule has 0 saturated heterocycles. The van der Waals surface area contributed by atoms with Crippen LogP contribution >= 0.6 is 0 Å². The third-order valence-corrected chi connectivity index (χ3v) is 5.91. The fourth-order valence-corrected chi connectivity index (χ4v) is 4.56. The lowest BCUT2D eigenvalue weighted by Gasteiger charge is -2.45. The molecule has 0 saturated carbocycles. The third kappa shape index (κ3) is 2.87. The number of fused-ring (bicyclic) bond motifs is 4. The predicted molar refractivity (Wildman–Crippen MR) is 108 cm³/mol. The van der Waals surface area contributed by atoms with E-state index in [1.165, 1.54) is 6.07 Å². The third-order valence-electron chi connectivity index (χ3n) is 5.91. The molecule has 150 valence electrons. The zero-order valence-electron chi connectivity index (χ0n) is 15.9. The topological polar surface area (TPSA) is 49.4 Å². The number of nitrogens with one attached hydrogen (secondary N) is 1. The lowest BCUT2D eigenvalue weighted by molar-refractivity contribution is -0.119. The van der Waals surface area contributed by atoms with Gasteiger partial charge in [-0.3, -0.25) is 9.59 Å². The van der Waals surface area contributed by atoms with Crippen LogP contribution in [-0.2, 0) is 11.2 Å². The number of nitrogens with zero attached hydrogens (tertiary/aromatic N) is 1. The van der Waals surface area contributed by atoms with E-state index < -0.39 is 29.5 Å². The SMILES string of the molecule is O=C(Nc1ccc(F)cc1F)C1c2ccccc2C(=O)N2CCc3ccccc3C12. The Balaban J connectivity index is 1.63. The summed E-state index contributed by atoms with van der Waals surface area (Å²) in [6.45, 7) is 0.504. The first-order chi connectivity index (χ1) is 14.5. The van der Waals surface area contributed by atoms with Crippen LogP contribution in [0, 0.1) is 11.6 Å². The van der Waals surface area contributed by atoms with E-state index in [0.29, 0.717) is 24.1 Å². The van der Waals surface area contributed by atoms with Gasteiger partial charge in [0, 0.05) is 18.2 Å². The number of anilines is 1. The summed E-state index contributed by atoms with van der Waals surface area (Å²) in [5, 5.41) is 2.61. The van der Waals surface area contributed by atoms with Gasteiger partial charge in [0.05, 0.1) is 17.6 Å². The maximum atomic E-state index is 14.2. The van der Waals surface area contributed by atoms with Crippen LogP contribution in [0.2, 0.25) is 0 Å². The molecule has 6 heteroatoms. The number of carbonyl (C=O) groups excluding carboxylic acids is 2. The Hall–Kier alpha value is -3.54. The molecule has 2 atom stereocenters. The van der Waals surface area contributed by atoms with Crippen LogP contribution < -0.4 is 5.32 Å². The van der Waals surface area contributed by atoms with E-state index in [4.69, 9.17) is 0 Å². The van der Waals surface area contributed by atoms with Gasteiger partial charge in [0.25, 0.3) is 5.91 Å². The highest BCUT2D eigenvalue weighted by atomic mass is 19.1. The summed E-state index contributed by atoms with van der Waals surface area (Å²) >= 11 is 0. The fourth-order valence-electron chi connectivity index (χ4n) is 4.56. The van der Waals surface area contributed by atoms with Crippen LogP contribution in [-0.4, -0.2) is 23.3 Å². The summed E-state index contributed by atoms with van der Waals surface area (Å²) in [7, 11) is 0. The Morgan fingerprint density at radius 3 is 2.50 bits per heavy atom. The molecule has 2 aliphatic heterocycles. The molecule has 0 aliphatic carbocycles. The number of carbonyl (C=O) groups is 2. The molecule has 0 radical (unpaired) electrons. The molecule has 0 aromatic heterocycles. The number of amides is 2. The van der Waals surface area contributed by atoms with E-state index in [1.807, 2.05) is 24.3 Å². The number of rotatable bonds is 2. The molecular formula is C24H18F2N2O2. The molecule has 30 heavy (non-hydrogen) atoms. The summed E-state index contributed by atoms with van der Waals surface area (Å²) in [5.41, 5.74) is 3.02. The highest BCUT2D eigenvalue weighted by Gasteiger charge is 2.46. The lowest BCUT2D eigenvalue weighted by Crippen LogP contribution is -2.49. The van der Waals surface area contributed by atoms with Gasteiger partial charge in [0.15, 0.2) is 0 Å². The van der Waals surface area contributed by atoms with Crippen LogP contribution in [0.15, 0.2) is 66.7 Å². The van der Waals surface area contributed by atoms with Gasteiger partial charge in [-0.05, 0) is 41.3 Å². The van der Waals surface area contributed by atoms with Crippen molar-refractivity contribution in [1.82, 2.24) is 4.90 Å². The van der Waals surface area contributed by atoms with E-state index >= 15 is 0 Å². The molecule has 3 aromatic rings. The number of halogens is 2. The summed E-state index contributed by atoms with van der Waals surface area (Å²) in [5.74, 6) is -2.82. The van der Waals surface area contributed by atoms with Gasteiger partial charge >= 0.3 is 0 Å². The van der Waals surface area contributed by atoms with Gasteiger partial charge in [-0.15, -0.1) is 0 Å². The van der Waals surface area contributed by atoms with Crippen molar-refractivity contribution in [3.63, 3.8) is 0 Å². The van der Waals surface area contributed by atoms with E-state index in [0.717, 1.165) is 23.3 Å². The Morgan fingerprint density at radius 1 is 0.967 bits per heavy atom. The Kier molecular flexibility index (Phi) is 4.35. The van der Waals surface area contributed by atoms with Gasteiger partial charge in [-0.1, -0.05) is 42.5 Å². The van der Waals surface area contributed by atoms with Gasteiger partial charge < -0.3 is 10.2 Å². The standard InChI is InChI=1S/C24H18F2N2O2/c25-15-9-10-20(19(26)13-15)27-23(29)21-17-7-3-4-8-18(17)24(30)28-12-11-14-5-1-2-6-16(14)22(21)28/h1-10,13,21-22H,11-12H2,(H,27,29). The molecule has 0 bridgehead atoms. The molecule has 4 nitrogen and oxygen atoms in total. The van der Waals surface area contributed by atoms with Crippen LogP contribution in [0.3, 0.4) is 0 Å². The molecule has 1 N–H and O–H groups in total. The summed E-state index contributed by atoms with van der Waals surface area (Å²) in [6.07, 6.45) is 0.710. The first-order valence-electron chi connectivity index (χ1n) is 9.78. The molecule has 2 amide bonds. The maximum Gasteiger partial charge on any atom is 0.254 e. The number of hydrogen-bond donors (Lipinski definition) is 1. The first kappa shape index (κ1) is 18.5. The van der Waals surface area contributed by atoms with E-state index in [9.17, 15) is 18.4 Å². The maximum absolute atomic E-state index is 14.2. The second kappa shape index (κ2) is 7.06. The number of benzene rings is 3. The van der Waals surface area contributed by atoms with Crippen molar-refractivity contribution in [2.45, 2.75) is 18.4 Å². The van der Waals surface area contributed by atoms with E-state index in [1.54, 1.807) is 29.2 Å². The molecule has 0 fully saturated rings. The van der Waals surface area contributed by atoms with Gasteiger partial charge in [0.2, 0.25) is 5.91 Å². The molecule has 3 aromatic carbocycles. The molecule has 0 spiro atoms. The largest absolute Gasteiger partial charge is 0.330 e. The minimum Gasteiger partial charge on any atom is -0.330 e. The van der Waals surface area contributed by atoms with Gasteiger partial charge in [-0.25, -0.2) is 8.78 Å². The number of hydrogen-bond acceptors (Lipinski definition) is 2. The minimum absolute atomic E-state index is 0.0913. The quantitative estimate of drug-likeness (QED) is 0.687. The zero-order chi connectivity index (χ0) is 20.8. The minimum atomic E-state index is -0.843. The molecule has 2 unspecified atom stereocenters. The van der Waals surface area contributed by atoms with Crippen molar-refractivity contribution < 1.29 is 18.4 Å². The Bertz CT molecular complexity index is 1180. The molecule has 2 aliphatic rings. The average molecular weight is 404 g/mol. The van der Waals surface area contributed by atoms with Gasteiger partial charge in [0.1, 0.15) is 11.6 Å². The Morgan fingerprint density at radius 2 is 1.70 bits per heavy atom. The Labute approximate surface area is 172 Å².